The Morgan fingerprint density at radius 1 is 1.59 bits per heavy atom. The van der Waals surface area contributed by atoms with E-state index < -0.39 is 5.97 Å². The normalized spacial score (nSPS) is 10.5. The molecular formula is C9H12N6O2. The van der Waals surface area contributed by atoms with Gasteiger partial charge >= 0.3 is 5.97 Å². The fourth-order valence-corrected chi connectivity index (χ4v) is 1.48. The monoisotopic (exact) mass is 236 g/mol. The van der Waals surface area contributed by atoms with Crippen molar-refractivity contribution in [1.82, 2.24) is 24.8 Å². The smallest absolute Gasteiger partial charge is 0.354 e. The number of tetrazole rings is 1. The molecule has 8 heteroatoms. The van der Waals surface area contributed by atoms with Gasteiger partial charge in [0.15, 0.2) is 5.82 Å². The van der Waals surface area contributed by atoms with Crippen LogP contribution in [0.5, 0.6) is 0 Å². The van der Waals surface area contributed by atoms with E-state index in [0.29, 0.717) is 23.8 Å². The molecule has 2 N–H and O–H groups in total. The SMILES string of the molecule is COC(=O)c1cc(N)cn1Cc1nnn(C)n1. The van der Waals surface area contributed by atoms with E-state index in [1.807, 2.05) is 0 Å². The molecule has 0 aliphatic rings. The predicted octanol–water partition coefficient (Wildman–Crippen LogP) is -0.571. The summed E-state index contributed by atoms with van der Waals surface area (Å²) in [7, 11) is 2.98. The number of esters is 1. The Morgan fingerprint density at radius 2 is 2.35 bits per heavy atom. The Labute approximate surface area is 97.0 Å². The van der Waals surface area contributed by atoms with Gasteiger partial charge in [0.05, 0.1) is 26.4 Å². The number of nitrogens with two attached hydrogens (primary N) is 1. The van der Waals surface area contributed by atoms with Crippen LogP contribution in [0.15, 0.2) is 12.3 Å². The van der Waals surface area contributed by atoms with Crippen molar-refractivity contribution in [3.8, 4) is 0 Å². The first-order valence-corrected chi connectivity index (χ1v) is 4.87. The number of aryl methyl sites for hydroxylation is 1. The molecule has 2 aromatic rings. The summed E-state index contributed by atoms with van der Waals surface area (Å²) in [5.74, 6) is 0.0406. The zero-order chi connectivity index (χ0) is 12.4. The topological polar surface area (TPSA) is 101 Å². The summed E-state index contributed by atoms with van der Waals surface area (Å²) in [6.07, 6.45) is 1.63. The lowest BCUT2D eigenvalue weighted by atomic mass is 10.4. The fraction of sp³-hybridized carbons (Fsp3) is 0.333. The summed E-state index contributed by atoms with van der Waals surface area (Å²) in [4.78, 5) is 12.8. The molecule has 8 nitrogen and oxygen atoms in total. The molecule has 0 aromatic carbocycles. The van der Waals surface area contributed by atoms with Crippen LogP contribution in [0.25, 0.3) is 0 Å². The molecule has 0 fully saturated rings. The molecule has 2 rings (SSSR count). The summed E-state index contributed by atoms with van der Waals surface area (Å²) in [5.41, 5.74) is 6.48. The van der Waals surface area contributed by atoms with Crippen LogP contribution >= 0.6 is 0 Å². The van der Waals surface area contributed by atoms with E-state index in [1.165, 1.54) is 11.9 Å². The van der Waals surface area contributed by atoms with Crippen LogP contribution in [0, 0.1) is 0 Å². The second-order valence-corrected chi connectivity index (χ2v) is 3.47. The van der Waals surface area contributed by atoms with Gasteiger partial charge in [-0.3, -0.25) is 0 Å². The fourth-order valence-electron chi connectivity index (χ4n) is 1.48. The minimum absolute atomic E-state index is 0.315. The van der Waals surface area contributed by atoms with Gasteiger partial charge in [0.25, 0.3) is 0 Å². The van der Waals surface area contributed by atoms with Gasteiger partial charge in [-0.15, -0.1) is 10.2 Å². The lowest BCUT2D eigenvalue weighted by Crippen LogP contribution is -2.11. The molecular weight excluding hydrogens is 224 g/mol. The number of methoxy groups -OCH3 is 1. The molecule has 0 aliphatic carbocycles. The highest BCUT2D eigenvalue weighted by Crippen LogP contribution is 2.12. The van der Waals surface area contributed by atoms with E-state index >= 15 is 0 Å². The molecule has 0 atom stereocenters. The lowest BCUT2D eigenvalue weighted by molar-refractivity contribution is 0.0589. The third-order valence-electron chi connectivity index (χ3n) is 2.17. The van der Waals surface area contributed by atoms with Crippen molar-refractivity contribution in [2.75, 3.05) is 12.8 Å². The standard InChI is InChI=1S/C9H12N6O2/c1-14-12-8(11-13-14)5-15-4-6(10)3-7(15)9(16)17-2/h3-4H,5,10H2,1-2H3. The molecule has 0 unspecified atom stereocenters. The van der Waals surface area contributed by atoms with Crippen molar-refractivity contribution in [3.63, 3.8) is 0 Å². The number of anilines is 1. The van der Waals surface area contributed by atoms with E-state index in [2.05, 4.69) is 20.1 Å². The average Bonchev–Trinajstić information content (AvgIpc) is 2.85. The lowest BCUT2D eigenvalue weighted by Gasteiger charge is -2.03. The number of carbonyl (C=O) groups is 1. The van der Waals surface area contributed by atoms with Crippen LogP contribution in [0.3, 0.4) is 0 Å². The van der Waals surface area contributed by atoms with E-state index in [1.54, 1.807) is 23.9 Å². The number of hydrogen-bond acceptors (Lipinski definition) is 6. The molecule has 0 bridgehead atoms. The molecule has 0 amide bonds. The first-order chi connectivity index (χ1) is 8.10. The third-order valence-corrected chi connectivity index (χ3v) is 2.17. The van der Waals surface area contributed by atoms with Crippen molar-refractivity contribution in [3.05, 3.63) is 23.8 Å². The molecule has 2 aromatic heterocycles. The quantitative estimate of drug-likeness (QED) is 0.716. The van der Waals surface area contributed by atoms with Gasteiger partial charge in [-0.25, -0.2) is 4.79 Å². The van der Waals surface area contributed by atoms with Crippen LogP contribution in [-0.2, 0) is 18.3 Å². The first kappa shape index (κ1) is 11.1. The largest absolute Gasteiger partial charge is 0.464 e. The summed E-state index contributed by atoms with van der Waals surface area (Å²) in [6, 6.07) is 1.54. The number of nitrogens with zero attached hydrogens (tertiary/aromatic N) is 5. The van der Waals surface area contributed by atoms with Crippen molar-refractivity contribution in [1.29, 1.82) is 0 Å². The Kier molecular flexibility index (Phi) is 2.77. The second-order valence-electron chi connectivity index (χ2n) is 3.47. The second kappa shape index (κ2) is 4.24. The number of rotatable bonds is 3. The highest BCUT2D eigenvalue weighted by Gasteiger charge is 2.14. The zero-order valence-electron chi connectivity index (χ0n) is 9.49. The molecule has 0 aliphatic heterocycles. The predicted molar refractivity (Wildman–Crippen MR) is 58.1 cm³/mol. The minimum atomic E-state index is -0.453. The minimum Gasteiger partial charge on any atom is -0.464 e. The Balaban J connectivity index is 2.29. The van der Waals surface area contributed by atoms with Gasteiger partial charge in [-0.05, 0) is 11.3 Å². The average molecular weight is 236 g/mol. The summed E-state index contributed by atoms with van der Waals surface area (Å²) < 4.78 is 6.28. The highest BCUT2D eigenvalue weighted by atomic mass is 16.5. The van der Waals surface area contributed by atoms with Crippen LogP contribution in [0.4, 0.5) is 5.69 Å². The van der Waals surface area contributed by atoms with E-state index in [-0.39, 0.29) is 0 Å². The number of ether oxygens (including phenoxy) is 1. The van der Waals surface area contributed by atoms with Crippen molar-refractivity contribution in [2.45, 2.75) is 6.54 Å². The number of hydrogen-bond donors (Lipinski definition) is 1. The molecule has 2 heterocycles. The maximum absolute atomic E-state index is 11.5. The van der Waals surface area contributed by atoms with E-state index in [0.717, 1.165) is 0 Å². The first-order valence-electron chi connectivity index (χ1n) is 4.87. The summed E-state index contributed by atoms with van der Waals surface area (Å²) in [6.45, 7) is 0.315. The highest BCUT2D eigenvalue weighted by molar-refractivity contribution is 5.88. The van der Waals surface area contributed by atoms with Crippen LogP contribution in [0.2, 0.25) is 0 Å². The molecule has 0 radical (unpaired) electrons. The van der Waals surface area contributed by atoms with Gasteiger partial charge in [-0.1, -0.05) is 0 Å². The molecule has 0 saturated carbocycles. The zero-order valence-corrected chi connectivity index (χ0v) is 9.49. The molecule has 90 valence electrons. The molecule has 0 spiro atoms. The maximum Gasteiger partial charge on any atom is 0.354 e. The van der Waals surface area contributed by atoms with Gasteiger partial charge in [0, 0.05) is 6.20 Å². The van der Waals surface area contributed by atoms with E-state index in [9.17, 15) is 4.79 Å². The maximum atomic E-state index is 11.5. The van der Waals surface area contributed by atoms with Gasteiger partial charge in [0.2, 0.25) is 0 Å². The van der Waals surface area contributed by atoms with Crippen molar-refractivity contribution >= 4 is 11.7 Å². The van der Waals surface area contributed by atoms with Gasteiger partial charge in [0.1, 0.15) is 5.69 Å². The Morgan fingerprint density at radius 3 is 2.94 bits per heavy atom. The van der Waals surface area contributed by atoms with Crippen molar-refractivity contribution < 1.29 is 9.53 Å². The number of carbonyl (C=O) groups excluding carboxylic acids is 1. The van der Waals surface area contributed by atoms with Crippen LogP contribution in [0.1, 0.15) is 16.3 Å². The van der Waals surface area contributed by atoms with Crippen LogP contribution < -0.4 is 5.73 Å². The van der Waals surface area contributed by atoms with Gasteiger partial charge in [-0.2, -0.15) is 4.80 Å². The Bertz CT molecular complexity index is 543. The third kappa shape index (κ3) is 2.25. The van der Waals surface area contributed by atoms with E-state index in [4.69, 9.17) is 5.73 Å². The molecule has 0 saturated heterocycles. The summed E-state index contributed by atoms with van der Waals surface area (Å²) >= 11 is 0. The molecule has 17 heavy (non-hydrogen) atoms. The van der Waals surface area contributed by atoms with Crippen molar-refractivity contribution in [2.24, 2.45) is 7.05 Å². The summed E-state index contributed by atoms with van der Waals surface area (Å²) in [5, 5.41) is 11.6. The van der Waals surface area contributed by atoms with Crippen LogP contribution in [-0.4, -0.2) is 37.9 Å². The number of nitrogen functional groups attached to an aromatic ring is 1. The van der Waals surface area contributed by atoms with Gasteiger partial charge < -0.3 is 15.0 Å². The Hall–Kier alpha value is -2.38. The number of aromatic nitrogens is 5.